The summed E-state index contributed by atoms with van der Waals surface area (Å²) in [7, 11) is 4.39. The lowest BCUT2D eigenvalue weighted by Gasteiger charge is -2.46. The van der Waals surface area contributed by atoms with E-state index in [1.165, 1.54) is 6.42 Å². The van der Waals surface area contributed by atoms with E-state index in [4.69, 9.17) is 27.9 Å². The maximum Gasteiger partial charge on any atom is 0.316 e. The molecule has 8 heteroatoms. The van der Waals surface area contributed by atoms with Crippen LogP contribution >= 0.6 is 23.2 Å². The zero-order valence-corrected chi connectivity index (χ0v) is 28.0. The minimum atomic E-state index is -0.150. The molecular weight excluding hydrogens is 593 g/mol. The number of hydrogen-bond acceptors (Lipinski definition) is 5. The first-order valence-corrected chi connectivity index (χ1v) is 18.5. The average molecular weight is 645 g/mol. The Balaban J connectivity index is 1.09. The Kier molecular flexibility index (Phi) is 9.27. The molecule has 4 bridgehead atoms. The molecule has 6 aliphatic rings. The van der Waals surface area contributed by atoms with Crippen molar-refractivity contribution in [3.63, 3.8) is 0 Å². The van der Waals surface area contributed by atoms with Gasteiger partial charge in [0.1, 0.15) is 0 Å². The third-order valence-electron chi connectivity index (χ3n) is 13.2. The normalized spacial score (nSPS) is 42.6. The molecule has 0 spiro atoms. The van der Waals surface area contributed by atoms with Crippen molar-refractivity contribution in [1.29, 1.82) is 0 Å². The summed E-state index contributed by atoms with van der Waals surface area (Å²) in [6.07, 6.45) is 15.2. The number of rotatable bonds is 6. The van der Waals surface area contributed by atoms with E-state index in [-0.39, 0.29) is 46.6 Å². The van der Waals surface area contributed by atoms with Crippen LogP contribution in [0.2, 0.25) is 0 Å². The first kappa shape index (κ1) is 31.3. The lowest BCUT2D eigenvalue weighted by molar-refractivity contribution is -0.147. The molecule has 6 nitrogen and oxygen atoms in total. The van der Waals surface area contributed by atoms with Crippen LogP contribution in [-0.4, -0.2) is 70.7 Å². The fraction of sp³-hybridized carbons (Fsp3) is 0.778. The Morgan fingerprint density at radius 1 is 0.705 bits per heavy atom. The molecule has 242 valence electrons. The Morgan fingerprint density at radius 3 is 1.77 bits per heavy atom. The van der Waals surface area contributed by atoms with E-state index < -0.39 is 0 Å². The largest absolute Gasteiger partial charge is 0.424 e. The minimum absolute atomic E-state index is 0.0664. The van der Waals surface area contributed by atoms with E-state index in [9.17, 15) is 9.59 Å². The molecule has 4 saturated heterocycles. The molecule has 0 radical (unpaired) electrons. The van der Waals surface area contributed by atoms with Crippen LogP contribution in [0, 0.1) is 35.5 Å². The number of hydrogen-bond donors (Lipinski definition) is 1. The van der Waals surface area contributed by atoms with Gasteiger partial charge in [-0.25, -0.2) is 0 Å². The number of esters is 1. The van der Waals surface area contributed by atoms with Crippen LogP contribution in [0.4, 0.5) is 5.69 Å². The second kappa shape index (κ2) is 13.0. The van der Waals surface area contributed by atoms with Gasteiger partial charge in [-0.15, -0.1) is 23.2 Å². The van der Waals surface area contributed by atoms with Gasteiger partial charge in [0.15, 0.2) is 5.75 Å². The van der Waals surface area contributed by atoms with Crippen molar-refractivity contribution in [3.05, 3.63) is 24.3 Å². The first-order valence-electron chi connectivity index (χ1n) is 17.6. The number of carbonyl (C=O) groups is 2. The number of ether oxygens (including phenoxy) is 1. The molecule has 44 heavy (non-hydrogen) atoms. The van der Waals surface area contributed by atoms with Gasteiger partial charge in [0.2, 0.25) is 5.91 Å². The monoisotopic (exact) mass is 643 g/mol. The summed E-state index contributed by atoms with van der Waals surface area (Å²) in [5, 5.41) is 3.84. The number of piperidine rings is 2. The molecule has 1 aromatic rings. The Labute approximate surface area is 273 Å². The third kappa shape index (κ3) is 5.95. The van der Waals surface area contributed by atoms with Gasteiger partial charge in [0.25, 0.3) is 0 Å². The number of amides is 1. The highest BCUT2D eigenvalue weighted by Gasteiger charge is 2.53. The van der Waals surface area contributed by atoms with Crippen molar-refractivity contribution >= 4 is 40.8 Å². The van der Waals surface area contributed by atoms with E-state index in [1.54, 1.807) is 0 Å². The van der Waals surface area contributed by atoms with Gasteiger partial charge >= 0.3 is 5.97 Å². The maximum atomic E-state index is 14.3. The van der Waals surface area contributed by atoms with E-state index in [0.717, 1.165) is 83.5 Å². The smallest absolute Gasteiger partial charge is 0.316 e. The number of nitrogens with one attached hydrogen (secondary N) is 1. The summed E-state index contributed by atoms with van der Waals surface area (Å²) in [4.78, 5) is 33.4. The molecule has 0 aromatic heterocycles. The summed E-state index contributed by atoms with van der Waals surface area (Å²) < 4.78 is 6.32. The van der Waals surface area contributed by atoms with Gasteiger partial charge in [-0.3, -0.25) is 19.4 Å². The van der Waals surface area contributed by atoms with Gasteiger partial charge in [0, 0.05) is 34.9 Å². The Bertz CT molecular complexity index is 1110. The highest BCUT2D eigenvalue weighted by Crippen LogP contribution is 2.50. The number of anilines is 1. The zero-order valence-electron chi connectivity index (χ0n) is 26.5. The maximum absolute atomic E-state index is 14.3. The lowest BCUT2D eigenvalue weighted by atomic mass is 9.68. The Hall–Kier alpha value is -1.34. The van der Waals surface area contributed by atoms with Gasteiger partial charge in [0.05, 0.1) is 17.5 Å². The Morgan fingerprint density at radius 2 is 1.20 bits per heavy atom. The highest BCUT2D eigenvalue weighted by atomic mass is 35.5. The van der Waals surface area contributed by atoms with Crippen LogP contribution in [0.15, 0.2) is 24.3 Å². The average Bonchev–Trinajstić information content (AvgIpc) is 3.38. The van der Waals surface area contributed by atoms with Crippen molar-refractivity contribution < 1.29 is 14.3 Å². The topological polar surface area (TPSA) is 61.9 Å². The number of alkyl halides is 2. The molecule has 6 fully saturated rings. The van der Waals surface area contributed by atoms with Gasteiger partial charge in [-0.05, 0) is 140 Å². The molecule has 1 N–H and O–H groups in total. The molecule has 1 aromatic carbocycles. The summed E-state index contributed by atoms with van der Waals surface area (Å²) in [6, 6.07) is 9.20. The number of benzene rings is 1. The van der Waals surface area contributed by atoms with Gasteiger partial charge in [-0.1, -0.05) is 12.1 Å². The zero-order chi connectivity index (χ0) is 30.5. The number of carbonyl (C=O) groups excluding carboxylic acids is 2. The molecule has 4 aliphatic heterocycles. The molecule has 1 amide bonds. The summed E-state index contributed by atoms with van der Waals surface area (Å²) in [5.74, 6) is 1.99. The summed E-state index contributed by atoms with van der Waals surface area (Å²) in [5.41, 5.74) is 0.615. The van der Waals surface area contributed by atoms with Crippen LogP contribution in [0.3, 0.4) is 0 Å². The molecular formula is C36H51Cl2N3O3. The second-order valence-electron chi connectivity index (χ2n) is 15.2. The highest BCUT2D eigenvalue weighted by molar-refractivity contribution is 6.20. The van der Waals surface area contributed by atoms with Crippen LogP contribution in [0.25, 0.3) is 0 Å². The van der Waals surface area contributed by atoms with Crippen molar-refractivity contribution in [2.45, 2.75) is 125 Å². The van der Waals surface area contributed by atoms with Gasteiger partial charge < -0.3 is 10.1 Å². The van der Waals surface area contributed by atoms with Crippen molar-refractivity contribution in [3.8, 4) is 5.75 Å². The minimum Gasteiger partial charge on any atom is -0.424 e. The molecule has 8 atom stereocenters. The van der Waals surface area contributed by atoms with Crippen molar-refractivity contribution in [2.24, 2.45) is 35.5 Å². The second-order valence-corrected chi connectivity index (χ2v) is 16.4. The van der Waals surface area contributed by atoms with E-state index in [0.29, 0.717) is 47.2 Å². The van der Waals surface area contributed by atoms with Crippen molar-refractivity contribution in [1.82, 2.24) is 9.80 Å². The standard InChI is InChI=1S/C36H51Cl2N3O3/c1-40-25-15-17-30(40)33(27(19-25)21-7-11-23(37)12-8-21)35(42)39-29-5-3-4-6-32(29)44-36(43)34-28(22-9-13-24(38)14-10-22)20-26-16-18-31(34)41(26)2/h3-6,21-28,30-31,33-34H,7-20H2,1-2H3,(H,39,42)/t21?,22?,23?,24?,25-,26?,27-,28-,30?,31+,33?,34?/m1/s1. The quantitative estimate of drug-likeness (QED) is 0.200. The van der Waals surface area contributed by atoms with E-state index in [2.05, 4.69) is 29.2 Å². The molecule has 4 heterocycles. The van der Waals surface area contributed by atoms with E-state index in [1.807, 2.05) is 24.3 Å². The van der Waals surface area contributed by atoms with E-state index >= 15 is 0 Å². The SMILES string of the molecule is CN1C2CC[C@@H]1C[C@H](C1CCC(Cl)CC1)C2C(=O)Nc1ccccc1OC(=O)C1[C@@H](C2CCC(Cl)CC2)CC2CC[C@@H]1N2C. The van der Waals surface area contributed by atoms with Crippen LogP contribution in [0.1, 0.15) is 89.9 Å². The first-order chi connectivity index (χ1) is 21.3. The third-order valence-corrected chi connectivity index (χ3v) is 14.0. The predicted octanol–water partition coefficient (Wildman–Crippen LogP) is 7.32. The fourth-order valence-corrected chi connectivity index (χ4v) is 11.2. The number of fused-ring (bicyclic) bond motifs is 4. The van der Waals surface area contributed by atoms with Crippen LogP contribution < -0.4 is 10.1 Å². The summed E-state index contributed by atoms with van der Waals surface area (Å²) >= 11 is 13.0. The number of nitrogens with zero attached hydrogens (tertiary/aromatic N) is 2. The van der Waals surface area contributed by atoms with Crippen LogP contribution in [0.5, 0.6) is 5.75 Å². The predicted molar refractivity (Wildman–Crippen MR) is 176 cm³/mol. The molecule has 4 unspecified atom stereocenters. The molecule has 2 saturated carbocycles. The van der Waals surface area contributed by atoms with Crippen molar-refractivity contribution in [2.75, 3.05) is 19.4 Å². The summed E-state index contributed by atoms with van der Waals surface area (Å²) in [6.45, 7) is 0. The number of para-hydroxylation sites is 2. The fourth-order valence-electron chi connectivity index (χ4n) is 10.7. The van der Waals surface area contributed by atoms with Gasteiger partial charge in [-0.2, -0.15) is 0 Å². The molecule has 7 rings (SSSR count). The lowest BCUT2D eigenvalue weighted by Crippen LogP contribution is -2.53. The van der Waals surface area contributed by atoms with Crippen LogP contribution in [-0.2, 0) is 9.59 Å². The number of halogens is 2. The molecule has 2 aliphatic carbocycles.